The molecule has 1 N–H and O–H groups in total. The minimum Gasteiger partial charge on any atom is -0.445 e. The third kappa shape index (κ3) is 5.80. The first kappa shape index (κ1) is 14.2. The summed E-state index contributed by atoms with van der Waals surface area (Å²) in [5.41, 5.74) is 0.912. The molecule has 1 aromatic rings. The van der Waals surface area contributed by atoms with Gasteiger partial charge in [0.15, 0.2) is 0 Å². The average molecular weight is 225 g/mol. The van der Waals surface area contributed by atoms with E-state index in [-0.39, 0.29) is 27.8 Å². The Morgan fingerprint density at radius 3 is 2.50 bits per heavy atom. The Labute approximate surface area is 97.1 Å². The number of alkyl carbamates (subject to hydrolysis) is 1. The SMILES string of the molecule is C.CC(=O)CNC(=O)OCc1ccccc1.[HH]. The second-order valence-corrected chi connectivity index (χ2v) is 3.12. The highest BCUT2D eigenvalue weighted by molar-refractivity contribution is 5.81. The molecule has 0 bridgehead atoms. The normalized spacial score (nSPS) is 8.81. The van der Waals surface area contributed by atoms with Crippen molar-refractivity contribution in [2.24, 2.45) is 0 Å². The van der Waals surface area contributed by atoms with Crippen molar-refractivity contribution in [2.45, 2.75) is 21.0 Å². The van der Waals surface area contributed by atoms with E-state index >= 15 is 0 Å². The molecule has 0 aliphatic heterocycles. The number of ketones is 1. The van der Waals surface area contributed by atoms with E-state index in [0.717, 1.165) is 5.56 Å². The van der Waals surface area contributed by atoms with Crippen molar-refractivity contribution < 1.29 is 15.8 Å². The summed E-state index contributed by atoms with van der Waals surface area (Å²) in [6.07, 6.45) is -0.575. The van der Waals surface area contributed by atoms with E-state index in [1.165, 1.54) is 6.92 Å². The molecule has 0 radical (unpaired) electrons. The lowest BCUT2D eigenvalue weighted by molar-refractivity contribution is -0.116. The number of Topliss-reactive ketones (excluding diaryl/α,β-unsaturated/α-hetero) is 1. The van der Waals surface area contributed by atoms with Crippen molar-refractivity contribution in [1.29, 1.82) is 0 Å². The molecule has 0 unspecified atom stereocenters. The van der Waals surface area contributed by atoms with E-state index in [4.69, 9.17) is 4.74 Å². The minimum atomic E-state index is -0.575. The molecular formula is C12H19NO3. The second-order valence-electron chi connectivity index (χ2n) is 3.12. The van der Waals surface area contributed by atoms with Gasteiger partial charge in [0.05, 0.1) is 6.54 Å². The predicted molar refractivity (Wildman–Crippen MR) is 64.2 cm³/mol. The van der Waals surface area contributed by atoms with Gasteiger partial charge in [0, 0.05) is 1.43 Å². The van der Waals surface area contributed by atoms with Crippen LogP contribution in [0, 0.1) is 0 Å². The number of amides is 1. The van der Waals surface area contributed by atoms with Gasteiger partial charge in [-0.2, -0.15) is 0 Å². The molecule has 16 heavy (non-hydrogen) atoms. The molecule has 1 aromatic carbocycles. The third-order valence-electron chi connectivity index (χ3n) is 1.69. The largest absolute Gasteiger partial charge is 0.445 e. The zero-order chi connectivity index (χ0) is 11.1. The number of carbonyl (C=O) groups excluding carboxylic acids is 2. The first-order chi connectivity index (χ1) is 7.18. The Balaban J connectivity index is 0. The lowest BCUT2D eigenvalue weighted by Gasteiger charge is -2.05. The van der Waals surface area contributed by atoms with Crippen LogP contribution in [0.4, 0.5) is 4.79 Å². The summed E-state index contributed by atoms with van der Waals surface area (Å²) in [7, 11) is 0. The Morgan fingerprint density at radius 2 is 1.94 bits per heavy atom. The lowest BCUT2D eigenvalue weighted by Crippen LogP contribution is -2.28. The smallest absolute Gasteiger partial charge is 0.407 e. The topological polar surface area (TPSA) is 55.4 Å². The van der Waals surface area contributed by atoms with Crippen LogP contribution in [0.5, 0.6) is 0 Å². The molecule has 0 fully saturated rings. The number of hydrogen-bond donors (Lipinski definition) is 1. The average Bonchev–Trinajstić information content (AvgIpc) is 2.25. The molecular weight excluding hydrogens is 206 g/mol. The maximum Gasteiger partial charge on any atom is 0.407 e. The van der Waals surface area contributed by atoms with Gasteiger partial charge in [-0.1, -0.05) is 37.8 Å². The molecule has 0 heterocycles. The maximum atomic E-state index is 11.0. The van der Waals surface area contributed by atoms with Gasteiger partial charge < -0.3 is 10.1 Å². The van der Waals surface area contributed by atoms with Crippen LogP contribution in [0.15, 0.2) is 30.3 Å². The van der Waals surface area contributed by atoms with Crippen LogP contribution < -0.4 is 5.32 Å². The molecule has 4 nitrogen and oxygen atoms in total. The minimum absolute atomic E-state index is 0. The molecule has 0 saturated heterocycles. The fraction of sp³-hybridized carbons (Fsp3) is 0.333. The van der Waals surface area contributed by atoms with Crippen LogP contribution in [-0.2, 0) is 16.1 Å². The quantitative estimate of drug-likeness (QED) is 0.856. The number of carbonyl (C=O) groups is 2. The van der Waals surface area contributed by atoms with Crippen LogP contribution in [0.25, 0.3) is 0 Å². The van der Waals surface area contributed by atoms with Gasteiger partial charge in [0.1, 0.15) is 12.4 Å². The zero-order valence-corrected chi connectivity index (χ0v) is 8.53. The number of ether oxygens (including phenoxy) is 1. The summed E-state index contributed by atoms with van der Waals surface area (Å²) in [5.74, 6) is -0.105. The fourth-order valence-electron chi connectivity index (χ4n) is 0.971. The highest BCUT2D eigenvalue weighted by atomic mass is 16.5. The molecule has 0 aromatic heterocycles. The number of rotatable bonds is 4. The van der Waals surface area contributed by atoms with Crippen LogP contribution in [0.3, 0.4) is 0 Å². The van der Waals surface area contributed by atoms with Crippen molar-refractivity contribution in [2.75, 3.05) is 6.54 Å². The molecule has 1 rings (SSSR count). The summed E-state index contributed by atoms with van der Waals surface area (Å²) >= 11 is 0. The summed E-state index contributed by atoms with van der Waals surface area (Å²) in [6, 6.07) is 9.34. The molecule has 0 saturated carbocycles. The Morgan fingerprint density at radius 1 is 1.31 bits per heavy atom. The van der Waals surface area contributed by atoms with Crippen molar-refractivity contribution in [1.82, 2.24) is 5.32 Å². The van der Waals surface area contributed by atoms with Gasteiger partial charge in [-0.05, 0) is 12.5 Å². The van der Waals surface area contributed by atoms with Gasteiger partial charge in [-0.25, -0.2) is 4.79 Å². The van der Waals surface area contributed by atoms with E-state index in [0.29, 0.717) is 0 Å². The highest BCUT2D eigenvalue weighted by Crippen LogP contribution is 2.00. The Hall–Kier alpha value is -1.84. The second kappa shape index (κ2) is 7.45. The van der Waals surface area contributed by atoms with Gasteiger partial charge in [0.2, 0.25) is 0 Å². The number of nitrogens with one attached hydrogen (secondary N) is 1. The Bertz CT molecular complexity index is 341. The highest BCUT2D eigenvalue weighted by Gasteiger charge is 2.02. The first-order valence-electron chi connectivity index (χ1n) is 4.62. The van der Waals surface area contributed by atoms with Crippen LogP contribution in [-0.4, -0.2) is 18.4 Å². The predicted octanol–water partition coefficient (Wildman–Crippen LogP) is 2.38. The number of hydrogen-bond acceptors (Lipinski definition) is 3. The molecule has 1 amide bonds. The van der Waals surface area contributed by atoms with E-state index < -0.39 is 6.09 Å². The maximum absolute atomic E-state index is 11.0. The third-order valence-corrected chi connectivity index (χ3v) is 1.69. The van der Waals surface area contributed by atoms with Gasteiger partial charge in [-0.15, -0.1) is 0 Å². The van der Waals surface area contributed by atoms with Crippen molar-refractivity contribution in [3.05, 3.63) is 35.9 Å². The van der Waals surface area contributed by atoms with Gasteiger partial charge >= 0.3 is 6.09 Å². The van der Waals surface area contributed by atoms with Crippen LogP contribution in [0.1, 0.15) is 21.3 Å². The lowest BCUT2D eigenvalue weighted by atomic mass is 10.2. The molecule has 0 atom stereocenters. The molecule has 0 aliphatic carbocycles. The fourth-order valence-corrected chi connectivity index (χ4v) is 0.971. The zero-order valence-electron chi connectivity index (χ0n) is 8.53. The van der Waals surface area contributed by atoms with E-state index in [1.54, 1.807) is 0 Å². The molecule has 0 aliphatic rings. The van der Waals surface area contributed by atoms with Gasteiger partial charge in [-0.3, -0.25) is 4.79 Å². The standard InChI is InChI=1S/C11H13NO3.CH4.H2/c1-9(13)7-12-11(14)15-8-10-5-3-2-4-6-10;;/h2-6H,7-8H2,1H3,(H,12,14);1H4;1H. The number of benzene rings is 1. The molecule has 0 spiro atoms. The van der Waals surface area contributed by atoms with E-state index in [2.05, 4.69) is 5.32 Å². The van der Waals surface area contributed by atoms with Crippen LogP contribution >= 0.6 is 0 Å². The van der Waals surface area contributed by atoms with E-state index in [9.17, 15) is 9.59 Å². The summed E-state index contributed by atoms with van der Waals surface area (Å²) in [5, 5.41) is 2.34. The monoisotopic (exact) mass is 225 g/mol. The van der Waals surface area contributed by atoms with Crippen LogP contribution in [0.2, 0.25) is 0 Å². The van der Waals surface area contributed by atoms with Crippen molar-refractivity contribution >= 4 is 11.9 Å². The van der Waals surface area contributed by atoms with Crippen molar-refractivity contribution in [3.63, 3.8) is 0 Å². The Kier molecular flexibility index (Phi) is 6.59. The summed E-state index contributed by atoms with van der Waals surface area (Å²) in [4.78, 5) is 21.6. The summed E-state index contributed by atoms with van der Waals surface area (Å²) in [6.45, 7) is 1.62. The molecule has 90 valence electrons. The molecule has 4 heteroatoms. The van der Waals surface area contributed by atoms with Crippen molar-refractivity contribution in [3.8, 4) is 0 Å². The van der Waals surface area contributed by atoms with Gasteiger partial charge in [0.25, 0.3) is 0 Å². The van der Waals surface area contributed by atoms with E-state index in [1.807, 2.05) is 30.3 Å². The summed E-state index contributed by atoms with van der Waals surface area (Å²) < 4.78 is 4.88. The first-order valence-corrected chi connectivity index (χ1v) is 4.62.